The molecule has 186 valence electrons. The number of rotatable bonds is 8. The number of aliphatic imine (C=N–C) groups is 1. The van der Waals surface area contributed by atoms with Gasteiger partial charge in [0, 0.05) is 31.6 Å². The highest BCUT2D eigenvalue weighted by Gasteiger charge is 2.31. The summed E-state index contributed by atoms with van der Waals surface area (Å²) in [7, 11) is -3.63. The van der Waals surface area contributed by atoms with Gasteiger partial charge in [0.05, 0.1) is 39.5 Å². The van der Waals surface area contributed by atoms with Gasteiger partial charge >= 0.3 is 0 Å². The lowest BCUT2D eigenvalue weighted by Gasteiger charge is -2.24. The molecule has 0 bridgehead atoms. The summed E-state index contributed by atoms with van der Waals surface area (Å²) in [6.07, 6.45) is 2.77. The number of ketones is 1. The number of nitrogens with one attached hydrogen (secondary N) is 1. The Labute approximate surface area is 202 Å². The molecule has 1 saturated heterocycles. The summed E-state index contributed by atoms with van der Waals surface area (Å²) in [5.74, 6) is 0.116. The van der Waals surface area contributed by atoms with Gasteiger partial charge in [-0.05, 0) is 55.9 Å². The predicted molar refractivity (Wildman–Crippen MR) is 128 cm³/mol. The van der Waals surface area contributed by atoms with Gasteiger partial charge in [0.1, 0.15) is 11.5 Å². The highest BCUT2D eigenvalue weighted by Crippen LogP contribution is 2.40. The van der Waals surface area contributed by atoms with Crippen molar-refractivity contribution in [2.75, 3.05) is 18.2 Å². The van der Waals surface area contributed by atoms with Crippen LogP contribution >= 0.6 is 0 Å². The van der Waals surface area contributed by atoms with E-state index in [4.69, 9.17) is 4.74 Å². The molecule has 1 aliphatic carbocycles. The van der Waals surface area contributed by atoms with Crippen molar-refractivity contribution < 1.29 is 26.7 Å². The van der Waals surface area contributed by atoms with Crippen molar-refractivity contribution in [3.05, 3.63) is 41.2 Å². The van der Waals surface area contributed by atoms with Gasteiger partial charge in [-0.2, -0.15) is 0 Å². The van der Waals surface area contributed by atoms with Crippen LogP contribution in [0.1, 0.15) is 55.2 Å². The quantitative estimate of drug-likeness (QED) is 0.551. The molecular formula is C25H27F2N3O4S. The standard InChI is InChI=1S/C25H27F2N3O4S/c1-35(32,33)23-10-15(22-4-2-3-9-34-22)7-8-17(23)29-18-11-16(12-21(31)14-5-6-14)28-19-13-20(25(26)27)30-24(18)19/h7-8,10-11,14,22,25H,2-6,9,12-13H2,1H3,(H,28,29). The number of benzene rings is 1. The number of ether oxygens (including phenoxy) is 1. The first-order valence-electron chi connectivity index (χ1n) is 11.8. The number of anilines is 2. The first kappa shape index (κ1) is 24.0. The van der Waals surface area contributed by atoms with Crippen molar-refractivity contribution in [1.82, 2.24) is 4.98 Å². The van der Waals surface area contributed by atoms with Crippen LogP contribution in [0.3, 0.4) is 0 Å². The maximum atomic E-state index is 13.4. The normalized spacial score (nSPS) is 20.0. The maximum Gasteiger partial charge on any atom is 0.277 e. The van der Waals surface area contributed by atoms with E-state index in [1.165, 1.54) is 0 Å². The SMILES string of the molecule is CS(=O)(=O)c1cc(C2CCCCO2)ccc1Nc1cc(CC(=O)C2CC2)nc2c1N=C(C(F)F)C2. The van der Waals surface area contributed by atoms with Gasteiger partial charge in [0.25, 0.3) is 6.43 Å². The van der Waals surface area contributed by atoms with E-state index in [1.54, 1.807) is 18.2 Å². The summed E-state index contributed by atoms with van der Waals surface area (Å²) in [5, 5.41) is 3.10. The molecule has 2 aliphatic heterocycles. The Morgan fingerprint density at radius 1 is 1.17 bits per heavy atom. The van der Waals surface area contributed by atoms with Gasteiger partial charge in [-0.1, -0.05) is 6.07 Å². The van der Waals surface area contributed by atoms with E-state index in [-0.39, 0.29) is 46.9 Å². The van der Waals surface area contributed by atoms with Crippen molar-refractivity contribution in [2.24, 2.45) is 10.9 Å². The molecule has 0 spiro atoms. The molecule has 1 atom stereocenters. The van der Waals surface area contributed by atoms with Crippen molar-refractivity contribution in [2.45, 2.75) is 62.4 Å². The Morgan fingerprint density at radius 3 is 2.63 bits per heavy atom. The lowest BCUT2D eigenvalue weighted by Crippen LogP contribution is -2.13. The molecular weight excluding hydrogens is 476 g/mol. The fraction of sp³-hybridized carbons (Fsp3) is 0.480. The zero-order valence-electron chi connectivity index (χ0n) is 19.4. The zero-order valence-corrected chi connectivity index (χ0v) is 20.2. The number of nitrogens with zero attached hydrogens (tertiary/aromatic N) is 2. The van der Waals surface area contributed by atoms with E-state index in [2.05, 4.69) is 15.3 Å². The number of pyridine rings is 1. The Morgan fingerprint density at radius 2 is 1.97 bits per heavy atom. The van der Waals surface area contributed by atoms with Crippen LogP contribution in [-0.2, 0) is 32.2 Å². The van der Waals surface area contributed by atoms with Crippen molar-refractivity contribution in [1.29, 1.82) is 0 Å². The van der Waals surface area contributed by atoms with Crippen LogP contribution < -0.4 is 5.32 Å². The van der Waals surface area contributed by atoms with Crippen LogP contribution in [0.4, 0.5) is 25.8 Å². The lowest BCUT2D eigenvalue weighted by atomic mass is 10.0. The van der Waals surface area contributed by atoms with Gasteiger partial charge < -0.3 is 10.1 Å². The summed E-state index contributed by atoms with van der Waals surface area (Å²) >= 11 is 0. The van der Waals surface area contributed by atoms with Crippen LogP contribution in [0.5, 0.6) is 0 Å². The molecule has 1 saturated carbocycles. The van der Waals surface area contributed by atoms with Crippen LogP contribution in [0.15, 0.2) is 34.2 Å². The van der Waals surface area contributed by atoms with Gasteiger partial charge in [-0.3, -0.25) is 9.78 Å². The highest BCUT2D eigenvalue weighted by molar-refractivity contribution is 7.90. The molecule has 3 aliphatic rings. The van der Waals surface area contributed by atoms with Crippen LogP contribution in [0.25, 0.3) is 0 Å². The number of hydrogen-bond acceptors (Lipinski definition) is 7. The predicted octanol–water partition coefficient (Wildman–Crippen LogP) is 4.89. The molecule has 2 fully saturated rings. The van der Waals surface area contributed by atoms with Gasteiger partial charge in [-0.25, -0.2) is 22.2 Å². The Bertz CT molecular complexity index is 1300. The number of halogens is 2. The van der Waals surface area contributed by atoms with E-state index in [9.17, 15) is 22.0 Å². The number of alkyl halides is 2. The van der Waals surface area contributed by atoms with E-state index in [0.717, 1.165) is 43.9 Å². The second kappa shape index (κ2) is 9.39. The molecule has 7 nitrogen and oxygen atoms in total. The van der Waals surface area contributed by atoms with Gasteiger partial charge in [0.15, 0.2) is 9.84 Å². The van der Waals surface area contributed by atoms with Crippen molar-refractivity contribution in [3.8, 4) is 0 Å². The summed E-state index contributed by atoms with van der Waals surface area (Å²) in [6.45, 7) is 0.634. The number of fused-ring (bicyclic) bond motifs is 1. The summed E-state index contributed by atoms with van der Waals surface area (Å²) in [6, 6.07) is 6.71. The third-order valence-corrected chi connectivity index (χ3v) is 7.72. The molecule has 5 rings (SSSR count). The van der Waals surface area contributed by atoms with Crippen molar-refractivity contribution in [3.63, 3.8) is 0 Å². The summed E-state index contributed by atoms with van der Waals surface area (Å²) in [4.78, 5) is 21.0. The second-order valence-corrected chi connectivity index (χ2v) is 11.4. The fourth-order valence-electron chi connectivity index (χ4n) is 4.59. The second-order valence-electron chi connectivity index (χ2n) is 9.46. The van der Waals surface area contributed by atoms with E-state index in [1.807, 2.05) is 6.07 Å². The third-order valence-electron chi connectivity index (χ3n) is 6.59. The Kier molecular flexibility index (Phi) is 6.43. The zero-order chi connectivity index (χ0) is 24.7. The van der Waals surface area contributed by atoms with E-state index < -0.39 is 16.3 Å². The molecule has 2 aromatic rings. The average molecular weight is 504 g/mol. The number of hydrogen-bond donors (Lipinski definition) is 1. The molecule has 10 heteroatoms. The minimum absolute atomic E-state index is 0.0423. The maximum absolute atomic E-state index is 13.4. The molecule has 1 aromatic heterocycles. The topological polar surface area (TPSA) is 97.7 Å². The van der Waals surface area contributed by atoms with Crippen LogP contribution in [0, 0.1) is 5.92 Å². The number of carbonyl (C=O) groups excluding carboxylic acids is 1. The number of aromatic nitrogens is 1. The molecule has 3 heterocycles. The molecule has 1 unspecified atom stereocenters. The lowest BCUT2D eigenvalue weighted by molar-refractivity contribution is -0.119. The first-order chi connectivity index (χ1) is 16.7. The van der Waals surface area contributed by atoms with E-state index in [0.29, 0.717) is 29.4 Å². The van der Waals surface area contributed by atoms with Crippen LogP contribution in [0.2, 0.25) is 0 Å². The van der Waals surface area contributed by atoms with Gasteiger partial charge in [-0.15, -0.1) is 0 Å². The number of carbonyl (C=O) groups is 1. The smallest absolute Gasteiger partial charge is 0.277 e. The van der Waals surface area contributed by atoms with Gasteiger partial charge in [0.2, 0.25) is 0 Å². The third kappa shape index (κ3) is 5.28. The minimum atomic E-state index is -3.63. The molecule has 1 N–H and O–H groups in total. The van der Waals surface area contributed by atoms with Crippen molar-refractivity contribution >= 4 is 38.4 Å². The summed E-state index contributed by atoms with van der Waals surface area (Å²) < 4.78 is 58.0. The molecule has 0 amide bonds. The van der Waals surface area contributed by atoms with Crippen LogP contribution in [-0.4, -0.2) is 44.2 Å². The first-order valence-corrected chi connectivity index (χ1v) is 13.7. The summed E-state index contributed by atoms with van der Waals surface area (Å²) in [5.41, 5.74) is 2.22. The Hall–Kier alpha value is -2.72. The highest BCUT2D eigenvalue weighted by atomic mass is 32.2. The monoisotopic (exact) mass is 503 g/mol. The molecule has 1 aromatic carbocycles. The largest absolute Gasteiger partial charge is 0.374 e. The number of Topliss-reactive ketones (excluding diaryl/α,β-unsaturated/α-hetero) is 1. The minimum Gasteiger partial charge on any atom is -0.374 e. The molecule has 35 heavy (non-hydrogen) atoms. The Balaban J connectivity index is 1.53. The average Bonchev–Trinajstić information content (AvgIpc) is 3.58. The molecule has 0 radical (unpaired) electrons. The number of sulfone groups is 1. The fourth-order valence-corrected chi connectivity index (χ4v) is 5.46. The van der Waals surface area contributed by atoms with E-state index >= 15 is 0 Å².